The lowest BCUT2D eigenvalue weighted by atomic mass is 10.1. The topological polar surface area (TPSA) is 46.5 Å². The van der Waals surface area contributed by atoms with Crippen molar-refractivity contribution in [1.82, 2.24) is 0 Å². The molecular weight excluding hydrogens is 319 g/mol. The van der Waals surface area contributed by atoms with E-state index < -0.39 is 11.6 Å². The molecule has 0 radical (unpaired) electrons. The Hall–Kier alpha value is -0.450. The molecule has 6 heteroatoms. The van der Waals surface area contributed by atoms with Crippen molar-refractivity contribution < 1.29 is 14.6 Å². The average Bonchev–Trinajstić information content (AvgIpc) is 2.13. The molecule has 1 aromatic carbocycles. The van der Waals surface area contributed by atoms with Crippen molar-refractivity contribution in [3.05, 3.63) is 26.7 Å². The number of halogens is 3. The molecule has 0 unspecified atom stereocenters. The van der Waals surface area contributed by atoms with Crippen LogP contribution in [-0.4, -0.2) is 16.7 Å². The van der Waals surface area contributed by atoms with Gasteiger partial charge < -0.3 is 9.84 Å². The van der Waals surface area contributed by atoms with Crippen LogP contribution in [0.1, 0.15) is 13.8 Å². The molecule has 1 N–H and O–H groups in total. The van der Waals surface area contributed by atoms with Gasteiger partial charge in [0.25, 0.3) is 0 Å². The maximum atomic E-state index is 10.9. The van der Waals surface area contributed by atoms with Crippen molar-refractivity contribution in [3.63, 3.8) is 0 Å². The van der Waals surface area contributed by atoms with Gasteiger partial charge in [-0.25, -0.2) is 4.79 Å². The molecule has 0 saturated heterocycles. The zero-order valence-corrected chi connectivity index (χ0v) is 11.7. The first-order valence-electron chi connectivity index (χ1n) is 4.31. The molecule has 0 aliphatic rings. The molecule has 0 spiro atoms. The van der Waals surface area contributed by atoms with E-state index in [1.54, 1.807) is 6.07 Å². The molecule has 16 heavy (non-hydrogen) atoms. The van der Waals surface area contributed by atoms with E-state index in [0.29, 0.717) is 14.5 Å². The molecule has 88 valence electrons. The second-order valence-corrected chi connectivity index (χ2v) is 5.28. The summed E-state index contributed by atoms with van der Waals surface area (Å²) in [6.07, 6.45) is 0. The van der Waals surface area contributed by atoms with E-state index >= 15 is 0 Å². The number of carboxylic acids is 1. The fourth-order valence-electron chi connectivity index (χ4n) is 0.901. The van der Waals surface area contributed by atoms with Crippen LogP contribution in [-0.2, 0) is 4.79 Å². The third-order valence-corrected chi connectivity index (χ3v) is 3.35. The Labute approximate surface area is 111 Å². The molecule has 0 fully saturated rings. The molecule has 0 saturated carbocycles. The van der Waals surface area contributed by atoms with Crippen LogP contribution in [0.5, 0.6) is 5.75 Å². The number of benzene rings is 1. The van der Waals surface area contributed by atoms with Gasteiger partial charge >= 0.3 is 5.97 Å². The largest absolute Gasteiger partial charge is 0.478 e. The lowest BCUT2D eigenvalue weighted by Gasteiger charge is -2.22. The van der Waals surface area contributed by atoms with Gasteiger partial charge in [0.15, 0.2) is 5.60 Å². The van der Waals surface area contributed by atoms with Gasteiger partial charge in [-0.15, -0.1) is 0 Å². The first-order chi connectivity index (χ1) is 7.24. The summed E-state index contributed by atoms with van der Waals surface area (Å²) >= 11 is 15.0. The van der Waals surface area contributed by atoms with Crippen LogP contribution in [0.2, 0.25) is 10.0 Å². The Kier molecular flexibility index (Phi) is 4.10. The van der Waals surface area contributed by atoms with Crippen molar-refractivity contribution in [2.24, 2.45) is 0 Å². The summed E-state index contributed by atoms with van der Waals surface area (Å²) in [5.74, 6) is -0.843. The predicted molar refractivity (Wildman–Crippen MR) is 66.5 cm³/mol. The van der Waals surface area contributed by atoms with Gasteiger partial charge in [0, 0.05) is 10.5 Å². The van der Waals surface area contributed by atoms with Crippen LogP contribution in [0.4, 0.5) is 0 Å². The lowest BCUT2D eigenvalue weighted by molar-refractivity contribution is -0.152. The van der Waals surface area contributed by atoms with Crippen LogP contribution in [0, 0.1) is 0 Å². The standard InChI is InChI=1S/C10H9BrCl2O3/c1-10(2,9(14)15)16-8-4-6(12)5(11)3-7(8)13/h3-4H,1-2H3,(H,14,15). The second kappa shape index (κ2) is 4.82. The van der Waals surface area contributed by atoms with Gasteiger partial charge in [0.05, 0.1) is 10.0 Å². The van der Waals surface area contributed by atoms with Crippen molar-refractivity contribution >= 4 is 45.1 Å². The fraction of sp³-hybridized carbons (Fsp3) is 0.300. The lowest BCUT2D eigenvalue weighted by Crippen LogP contribution is -2.37. The van der Waals surface area contributed by atoms with E-state index in [-0.39, 0.29) is 5.75 Å². The minimum atomic E-state index is -1.36. The van der Waals surface area contributed by atoms with Crippen molar-refractivity contribution in [2.75, 3.05) is 0 Å². The van der Waals surface area contributed by atoms with Crippen molar-refractivity contribution in [2.45, 2.75) is 19.4 Å². The maximum Gasteiger partial charge on any atom is 0.347 e. The number of ether oxygens (including phenoxy) is 1. The van der Waals surface area contributed by atoms with E-state index in [4.69, 9.17) is 33.0 Å². The Bertz CT molecular complexity index is 432. The van der Waals surface area contributed by atoms with Crippen LogP contribution < -0.4 is 4.74 Å². The van der Waals surface area contributed by atoms with E-state index in [2.05, 4.69) is 15.9 Å². The summed E-state index contributed by atoms with van der Waals surface area (Å²) in [5.41, 5.74) is -1.36. The SMILES string of the molecule is CC(C)(Oc1cc(Cl)c(Br)cc1Cl)C(=O)O. The summed E-state index contributed by atoms with van der Waals surface area (Å²) in [7, 11) is 0. The first kappa shape index (κ1) is 13.6. The van der Waals surface area contributed by atoms with Gasteiger partial charge in [-0.2, -0.15) is 0 Å². The number of carbonyl (C=O) groups is 1. The van der Waals surface area contributed by atoms with Crippen molar-refractivity contribution in [3.8, 4) is 5.75 Å². The third-order valence-electron chi connectivity index (χ3n) is 1.85. The highest BCUT2D eigenvalue weighted by Gasteiger charge is 2.30. The molecule has 0 heterocycles. The molecule has 0 amide bonds. The van der Waals surface area contributed by atoms with E-state index in [9.17, 15) is 4.79 Å². The predicted octanol–water partition coefficient (Wildman–Crippen LogP) is 4.00. The first-order valence-corrected chi connectivity index (χ1v) is 5.86. The highest BCUT2D eigenvalue weighted by atomic mass is 79.9. The number of aliphatic carboxylic acids is 1. The Morgan fingerprint density at radius 1 is 1.38 bits per heavy atom. The van der Waals surface area contributed by atoms with Gasteiger partial charge in [-0.05, 0) is 35.8 Å². The van der Waals surface area contributed by atoms with Gasteiger partial charge in [-0.3, -0.25) is 0 Å². The Morgan fingerprint density at radius 2 is 1.94 bits per heavy atom. The number of hydrogen-bond donors (Lipinski definition) is 1. The van der Waals surface area contributed by atoms with Gasteiger partial charge in [0.2, 0.25) is 0 Å². The highest BCUT2D eigenvalue weighted by Crippen LogP contribution is 2.35. The van der Waals surface area contributed by atoms with Crippen LogP contribution >= 0.6 is 39.1 Å². The second-order valence-electron chi connectivity index (χ2n) is 3.61. The van der Waals surface area contributed by atoms with E-state index in [1.807, 2.05) is 0 Å². The van der Waals surface area contributed by atoms with Crippen molar-refractivity contribution in [1.29, 1.82) is 0 Å². The summed E-state index contributed by atoms with van der Waals surface area (Å²) in [6, 6.07) is 3.02. The molecule has 1 rings (SSSR count). The van der Waals surface area contributed by atoms with Gasteiger partial charge in [0.1, 0.15) is 5.75 Å². The molecule has 0 aliphatic carbocycles. The van der Waals surface area contributed by atoms with Crippen LogP contribution in [0.25, 0.3) is 0 Å². The minimum absolute atomic E-state index is 0.238. The minimum Gasteiger partial charge on any atom is -0.478 e. The molecule has 1 aromatic rings. The smallest absolute Gasteiger partial charge is 0.347 e. The zero-order chi connectivity index (χ0) is 12.5. The molecule has 0 aliphatic heterocycles. The molecule has 3 nitrogen and oxygen atoms in total. The monoisotopic (exact) mass is 326 g/mol. The summed E-state index contributed by atoms with van der Waals surface area (Å²) < 4.78 is 5.92. The maximum absolute atomic E-state index is 10.9. The molecule has 0 atom stereocenters. The zero-order valence-electron chi connectivity index (χ0n) is 8.55. The third kappa shape index (κ3) is 3.03. The molecular formula is C10H9BrCl2O3. The Balaban J connectivity index is 3.07. The normalized spacial score (nSPS) is 11.3. The summed E-state index contributed by atoms with van der Waals surface area (Å²) in [5, 5.41) is 9.61. The van der Waals surface area contributed by atoms with E-state index in [1.165, 1.54) is 19.9 Å². The molecule has 0 bridgehead atoms. The summed E-state index contributed by atoms with van der Waals surface area (Å²) in [4.78, 5) is 10.9. The average molecular weight is 328 g/mol. The van der Waals surface area contributed by atoms with E-state index in [0.717, 1.165) is 0 Å². The highest BCUT2D eigenvalue weighted by molar-refractivity contribution is 9.10. The fourth-order valence-corrected chi connectivity index (χ4v) is 1.73. The number of hydrogen-bond acceptors (Lipinski definition) is 2. The number of rotatable bonds is 3. The van der Waals surface area contributed by atoms with Crippen LogP contribution in [0.15, 0.2) is 16.6 Å². The molecule has 0 aromatic heterocycles. The van der Waals surface area contributed by atoms with Crippen LogP contribution in [0.3, 0.4) is 0 Å². The number of carboxylic acid groups (broad SMARTS) is 1. The Morgan fingerprint density at radius 3 is 2.44 bits per heavy atom. The van der Waals surface area contributed by atoms with Gasteiger partial charge in [-0.1, -0.05) is 23.2 Å². The summed E-state index contributed by atoms with van der Waals surface area (Å²) in [6.45, 7) is 2.86. The quantitative estimate of drug-likeness (QED) is 0.853.